The molecular weight excluding hydrogens is 401 g/mol. The first-order valence-corrected chi connectivity index (χ1v) is 9.26. The second kappa shape index (κ2) is 8.95. The lowest BCUT2D eigenvalue weighted by Crippen LogP contribution is -2.26. The van der Waals surface area contributed by atoms with Crippen LogP contribution in [0.1, 0.15) is 22.0 Å². The van der Waals surface area contributed by atoms with Crippen LogP contribution < -0.4 is 5.32 Å². The monoisotopic (exact) mass is 417 g/mol. The van der Waals surface area contributed by atoms with Crippen molar-refractivity contribution in [3.8, 4) is 5.69 Å². The highest BCUT2D eigenvalue weighted by molar-refractivity contribution is 5.99. The van der Waals surface area contributed by atoms with E-state index in [1.165, 1.54) is 35.3 Å². The van der Waals surface area contributed by atoms with Gasteiger partial charge in [-0.3, -0.25) is 4.79 Å². The normalized spacial score (nSPS) is 11.5. The molecule has 4 aromatic rings. The number of esters is 1. The third-order valence-electron chi connectivity index (χ3n) is 4.40. The molecule has 1 atom stereocenters. The van der Waals surface area contributed by atoms with Crippen molar-refractivity contribution in [2.75, 3.05) is 5.32 Å². The molecule has 154 valence electrons. The summed E-state index contributed by atoms with van der Waals surface area (Å²) in [6, 6.07) is 20.5. The Morgan fingerprint density at radius 1 is 0.935 bits per heavy atom. The van der Waals surface area contributed by atoms with Gasteiger partial charge in [-0.15, -0.1) is 5.10 Å². The summed E-state index contributed by atoms with van der Waals surface area (Å²) in [7, 11) is 0. The molecule has 4 rings (SSSR count). The van der Waals surface area contributed by atoms with E-state index in [0.717, 1.165) is 0 Å². The van der Waals surface area contributed by atoms with Crippen LogP contribution >= 0.6 is 0 Å². The Labute approximate surface area is 176 Å². The molecule has 0 bridgehead atoms. The van der Waals surface area contributed by atoms with Crippen LogP contribution in [0, 0.1) is 5.82 Å². The molecule has 3 aromatic carbocycles. The van der Waals surface area contributed by atoms with E-state index >= 15 is 0 Å². The lowest BCUT2D eigenvalue weighted by Gasteiger charge is -2.19. The number of carbonyl (C=O) groups excluding carboxylic acids is 2. The first-order chi connectivity index (χ1) is 15.1. The maximum atomic E-state index is 13.2. The zero-order valence-electron chi connectivity index (χ0n) is 16.1. The summed E-state index contributed by atoms with van der Waals surface area (Å²) < 4.78 is 20.1. The Hall–Kier alpha value is -4.40. The number of anilines is 1. The van der Waals surface area contributed by atoms with Gasteiger partial charge in [0.1, 0.15) is 12.1 Å². The molecular formula is C22H16FN5O3. The van der Waals surface area contributed by atoms with Crippen LogP contribution in [-0.4, -0.2) is 32.1 Å². The third-order valence-corrected chi connectivity index (χ3v) is 4.40. The van der Waals surface area contributed by atoms with Crippen LogP contribution in [0.3, 0.4) is 0 Å². The highest BCUT2D eigenvalue weighted by Gasteiger charge is 2.27. The van der Waals surface area contributed by atoms with Gasteiger partial charge in [0.05, 0.1) is 11.3 Å². The maximum Gasteiger partial charge on any atom is 0.341 e. The van der Waals surface area contributed by atoms with E-state index in [1.807, 2.05) is 0 Å². The van der Waals surface area contributed by atoms with E-state index in [-0.39, 0.29) is 5.56 Å². The van der Waals surface area contributed by atoms with E-state index < -0.39 is 23.8 Å². The molecule has 8 nitrogen and oxygen atoms in total. The second-order valence-corrected chi connectivity index (χ2v) is 6.46. The molecule has 1 N–H and O–H groups in total. The van der Waals surface area contributed by atoms with E-state index in [1.54, 1.807) is 54.6 Å². The number of benzene rings is 3. The van der Waals surface area contributed by atoms with E-state index in [0.29, 0.717) is 16.9 Å². The predicted octanol–water partition coefficient (Wildman–Crippen LogP) is 3.34. The average molecular weight is 417 g/mol. The zero-order chi connectivity index (χ0) is 21.6. The molecule has 31 heavy (non-hydrogen) atoms. The Kier molecular flexibility index (Phi) is 5.75. The molecule has 0 saturated heterocycles. The smallest absolute Gasteiger partial charge is 0.341 e. The summed E-state index contributed by atoms with van der Waals surface area (Å²) in [5.74, 6) is -1.73. The summed E-state index contributed by atoms with van der Waals surface area (Å²) in [5.41, 5.74) is 1.45. The Balaban J connectivity index is 1.62. The van der Waals surface area contributed by atoms with Crippen molar-refractivity contribution in [2.24, 2.45) is 0 Å². The molecule has 1 amide bonds. The average Bonchev–Trinajstić information content (AvgIpc) is 3.34. The van der Waals surface area contributed by atoms with Gasteiger partial charge in [-0.05, 0) is 46.8 Å². The fourth-order valence-electron chi connectivity index (χ4n) is 2.93. The maximum absolute atomic E-state index is 13.2. The standard InChI is InChI=1S/C22H16FN5O3/c23-16-10-12-17(13-11-16)25-21(29)20(15-6-2-1-3-7-15)31-22(30)18-8-4-5-9-19(18)28-14-24-26-27-28/h1-14,20H,(H,25,29). The number of carbonyl (C=O) groups is 2. The van der Waals surface area contributed by atoms with Crippen LogP contribution in [0.15, 0.2) is 85.2 Å². The molecule has 9 heteroatoms. The molecule has 0 radical (unpaired) electrons. The fraction of sp³-hybridized carbons (Fsp3) is 0.0455. The van der Waals surface area contributed by atoms with Crippen LogP contribution in [0.25, 0.3) is 5.69 Å². The van der Waals surface area contributed by atoms with Gasteiger partial charge in [0.15, 0.2) is 0 Å². The van der Waals surface area contributed by atoms with Gasteiger partial charge in [-0.25, -0.2) is 9.18 Å². The van der Waals surface area contributed by atoms with Crippen LogP contribution in [0.2, 0.25) is 0 Å². The van der Waals surface area contributed by atoms with Gasteiger partial charge in [-0.2, -0.15) is 4.68 Å². The second-order valence-electron chi connectivity index (χ2n) is 6.46. The highest BCUT2D eigenvalue weighted by atomic mass is 19.1. The predicted molar refractivity (Wildman–Crippen MR) is 109 cm³/mol. The first kappa shape index (κ1) is 19.9. The molecule has 1 unspecified atom stereocenters. The molecule has 1 heterocycles. The zero-order valence-corrected chi connectivity index (χ0v) is 16.1. The Morgan fingerprint density at radius 3 is 2.35 bits per heavy atom. The van der Waals surface area contributed by atoms with Gasteiger partial charge in [0, 0.05) is 11.3 Å². The summed E-state index contributed by atoms with van der Waals surface area (Å²) in [6.45, 7) is 0. The number of amides is 1. The van der Waals surface area contributed by atoms with Crippen molar-refractivity contribution < 1.29 is 18.7 Å². The van der Waals surface area contributed by atoms with Gasteiger partial charge in [0.2, 0.25) is 6.10 Å². The molecule has 0 fully saturated rings. The van der Waals surface area contributed by atoms with Gasteiger partial charge >= 0.3 is 5.97 Å². The lowest BCUT2D eigenvalue weighted by atomic mass is 10.1. The Bertz CT molecular complexity index is 1180. The number of halogens is 1. The number of nitrogens with one attached hydrogen (secondary N) is 1. The van der Waals surface area contributed by atoms with Gasteiger partial charge in [0.25, 0.3) is 5.91 Å². The minimum Gasteiger partial charge on any atom is -0.444 e. The first-order valence-electron chi connectivity index (χ1n) is 9.26. The van der Waals surface area contributed by atoms with Crippen LogP contribution in [-0.2, 0) is 9.53 Å². The number of hydrogen-bond donors (Lipinski definition) is 1. The summed E-state index contributed by atoms with van der Waals surface area (Å²) >= 11 is 0. The number of tetrazole rings is 1. The topological polar surface area (TPSA) is 99.0 Å². The number of ether oxygens (including phenoxy) is 1. The Morgan fingerprint density at radius 2 is 1.65 bits per heavy atom. The van der Waals surface area contributed by atoms with Crippen LogP contribution in [0.5, 0.6) is 0 Å². The summed E-state index contributed by atoms with van der Waals surface area (Å²) in [6.07, 6.45) is 0.114. The minimum atomic E-state index is -1.24. The summed E-state index contributed by atoms with van der Waals surface area (Å²) in [5, 5.41) is 13.6. The van der Waals surface area contributed by atoms with Crippen molar-refractivity contribution in [1.29, 1.82) is 0 Å². The molecule has 1 aromatic heterocycles. The fourth-order valence-corrected chi connectivity index (χ4v) is 2.93. The van der Waals surface area contributed by atoms with Crippen molar-refractivity contribution in [1.82, 2.24) is 20.2 Å². The molecule has 0 aliphatic rings. The lowest BCUT2D eigenvalue weighted by molar-refractivity contribution is -0.125. The molecule has 0 saturated carbocycles. The summed E-state index contributed by atoms with van der Waals surface area (Å²) in [4.78, 5) is 26.0. The number of para-hydroxylation sites is 1. The number of nitrogens with zero attached hydrogens (tertiary/aromatic N) is 4. The minimum absolute atomic E-state index is 0.185. The number of hydrogen-bond acceptors (Lipinski definition) is 6. The van der Waals surface area contributed by atoms with E-state index in [2.05, 4.69) is 20.8 Å². The molecule has 0 aliphatic carbocycles. The van der Waals surface area contributed by atoms with E-state index in [4.69, 9.17) is 4.74 Å². The van der Waals surface area contributed by atoms with Gasteiger partial charge < -0.3 is 10.1 Å². The third kappa shape index (κ3) is 4.61. The van der Waals surface area contributed by atoms with Crippen molar-refractivity contribution in [2.45, 2.75) is 6.10 Å². The number of aromatic nitrogens is 4. The van der Waals surface area contributed by atoms with Crippen LogP contribution in [0.4, 0.5) is 10.1 Å². The molecule has 0 aliphatic heterocycles. The number of rotatable bonds is 6. The largest absolute Gasteiger partial charge is 0.444 e. The quantitative estimate of drug-likeness (QED) is 0.483. The van der Waals surface area contributed by atoms with Gasteiger partial charge in [-0.1, -0.05) is 42.5 Å². The van der Waals surface area contributed by atoms with Crippen molar-refractivity contribution in [3.05, 3.63) is 102 Å². The van der Waals surface area contributed by atoms with Crippen molar-refractivity contribution in [3.63, 3.8) is 0 Å². The van der Waals surface area contributed by atoms with Crippen molar-refractivity contribution >= 4 is 17.6 Å². The van der Waals surface area contributed by atoms with E-state index in [9.17, 15) is 14.0 Å². The highest BCUT2D eigenvalue weighted by Crippen LogP contribution is 2.23. The SMILES string of the molecule is O=C(OC(C(=O)Nc1ccc(F)cc1)c1ccccc1)c1ccccc1-n1cnnn1. The molecule has 0 spiro atoms.